The van der Waals surface area contributed by atoms with Crippen LogP contribution in [-0.4, -0.2) is 11.7 Å². The zero-order chi connectivity index (χ0) is 14.3. The van der Waals surface area contributed by atoms with Crippen molar-refractivity contribution in [2.75, 3.05) is 5.32 Å². The number of hydrogen-bond acceptors (Lipinski definition) is 2. The number of ether oxygens (including phenoxy) is 1. The number of anilines is 1. The minimum atomic E-state index is -0.472. The SMILES string of the molecule is CC(C)(C)OC(=O)Nc1cc2c(c(C3CC3)c1)CC=C2. The number of rotatable bonds is 2. The van der Waals surface area contributed by atoms with Crippen molar-refractivity contribution < 1.29 is 9.53 Å². The van der Waals surface area contributed by atoms with Gasteiger partial charge in [0.05, 0.1) is 0 Å². The summed E-state index contributed by atoms with van der Waals surface area (Å²) < 4.78 is 5.31. The Kier molecular flexibility index (Phi) is 3.08. The Morgan fingerprint density at radius 3 is 2.70 bits per heavy atom. The molecule has 3 nitrogen and oxygen atoms in total. The Labute approximate surface area is 120 Å². The van der Waals surface area contributed by atoms with Crippen LogP contribution in [0.15, 0.2) is 18.2 Å². The quantitative estimate of drug-likeness (QED) is 0.861. The van der Waals surface area contributed by atoms with Gasteiger partial charge in [-0.2, -0.15) is 0 Å². The first kappa shape index (κ1) is 13.2. The predicted octanol–water partition coefficient (Wildman–Crippen LogP) is 4.48. The highest BCUT2D eigenvalue weighted by Crippen LogP contribution is 2.44. The lowest BCUT2D eigenvalue weighted by molar-refractivity contribution is 0.0636. The number of amides is 1. The largest absolute Gasteiger partial charge is 0.444 e. The van der Waals surface area contributed by atoms with Gasteiger partial charge in [-0.1, -0.05) is 12.2 Å². The normalized spacial score (nSPS) is 16.9. The Morgan fingerprint density at radius 1 is 1.30 bits per heavy atom. The van der Waals surface area contributed by atoms with Gasteiger partial charge in [-0.25, -0.2) is 4.79 Å². The highest BCUT2D eigenvalue weighted by molar-refractivity contribution is 5.86. The summed E-state index contributed by atoms with van der Waals surface area (Å²) in [5, 5.41) is 2.86. The van der Waals surface area contributed by atoms with E-state index in [1.807, 2.05) is 26.8 Å². The molecule has 0 unspecified atom stereocenters. The van der Waals surface area contributed by atoms with Gasteiger partial charge in [-0.15, -0.1) is 0 Å². The van der Waals surface area contributed by atoms with E-state index in [1.54, 1.807) is 0 Å². The summed E-state index contributed by atoms with van der Waals surface area (Å²) in [7, 11) is 0. The number of fused-ring (bicyclic) bond motifs is 1. The molecule has 0 aliphatic heterocycles. The minimum Gasteiger partial charge on any atom is -0.444 e. The van der Waals surface area contributed by atoms with Crippen molar-refractivity contribution in [3.63, 3.8) is 0 Å². The van der Waals surface area contributed by atoms with Crippen LogP contribution in [0.4, 0.5) is 10.5 Å². The predicted molar refractivity (Wildman–Crippen MR) is 81.0 cm³/mol. The van der Waals surface area contributed by atoms with Crippen molar-refractivity contribution in [2.45, 2.75) is 51.6 Å². The number of benzene rings is 1. The van der Waals surface area contributed by atoms with Crippen molar-refractivity contribution in [2.24, 2.45) is 0 Å². The minimum absolute atomic E-state index is 0.388. The standard InChI is InChI=1S/C17H21NO2/c1-17(2,3)20-16(19)18-13-9-12-5-4-6-14(12)15(10-13)11-7-8-11/h4-5,9-11H,6-8H2,1-3H3,(H,18,19). The van der Waals surface area contributed by atoms with Crippen molar-refractivity contribution in [3.8, 4) is 0 Å². The van der Waals surface area contributed by atoms with Crippen LogP contribution in [0.25, 0.3) is 6.08 Å². The fourth-order valence-corrected chi connectivity index (χ4v) is 2.66. The second kappa shape index (κ2) is 4.65. The van der Waals surface area contributed by atoms with Crippen LogP contribution in [0.1, 0.15) is 56.2 Å². The maximum atomic E-state index is 11.9. The molecule has 0 heterocycles. The first-order valence-electron chi connectivity index (χ1n) is 7.26. The maximum Gasteiger partial charge on any atom is 0.412 e. The summed E-state index contributed by atoms with van der Waals surface area (Å²) in [5.74, 6) is 0.684. The fourth-order valence-electron chi connectivity index (χ4n) is 2.66. The molecule has 1 N–H and O–H groups in total. The molecule has 0 atom stereocenters. The topological polar surface area (TPSA) is 38.3 Å². The fraction of sp³-hybridized carbons (Fsp3) is 0.471. The summed E-state index contributed by atoms with van der Waals surface area (Å²) in [6, 6.07) is 4.15. The van der Waals surface area contributed by atoms with Gasteiger partial charge in [-0.3, -0.25) is 5.32 Å². The lowest BCUT2D eigenvalue weighted by atomic mass is 9.98. The van der Waals surface area contributed by atoms with Gasteiger partial charge >= 0.3 is 6.09 Å². The molecular weight excluding hydrogens is 250 g/mol. The molecule has 2 aliphatic rings. The summed E-state index contributed by atoms with van der Waals surface area (Å²) in [6.45, 7) is 5.61. The van der Waals surface area contributed by atoms with Crippen molar-refractivity contribution in [1.29, 1.82) is 0 Å². The highest BCUT2D eigenvalue weighted by atomic mass is 16.6. The number of hydrogen-bond donors (Lipinski definition) is 1. The van der Waals surface area contributed by atoms with E-state index in [4.69, 9.17) is 4.74 Å². The molecular formula is C17H21NO2. The lowest BCUT2D eigenvalue weighted by Crippen LogP contribution is -2.27. The van der Waals surface area contributed by atoms with E-state index in [9.17, 15) is 4.79 Å². The van der Waals surface area contributed by atoms with E-state index in [2.05, 4.69) is 23.5 Å². The summed E-state index contributed by atoms with van der Waals surface area (Å²) in [6.07, 6.45) is 7.49. The van der Waals surface area contributed by atoms with E-state index in [0.717, 1.165) is 12.1 Å². The number of nitrogens with one attached hydrogen (secondary N) is 1. The molecule has 106 valence electrons. The summed E-state index contributed by atoms with van der Waals surface area (Å²) in [5.41, 5.74) is 4.44. The van der Waals surface area contributed by atoms with Gasteiger partial charge in [0.1, 0.15) is 5.60 Å². The van der Waals surface area contributed by atoms with Crippen LogP contribution in [-0.2, 0) is 11.2 Å². The second-order valence-corrected chi connectivity index (χ2v) is 6.64. The average molecular weight is 271 g/mol. The molecule has 0 saturated heterocycles. The zero-order valence-electron chi connectivity index (χ0n) is 12.3. The van der Waals surface area contributed by atoms with Crippen LogP contribution in [0.3, 0.4) is 0 Å². The Morgan fingerprint density at radius 2 is 2.05 bits per heavy atom. The third kappa shape index (κ3) is 2.87. The van der Waals surface area contributed by atoms with E-state index >= 15 is 0 Å². The van der Waals surface area contributed by atoms with Crippen LogP contribution in [0, 0.1) is 0 Å². The summed E-state index contributed by atoms with van der Waals surface area (Å²) in [4.78, 5) is 11.9. The van der Waals surface area contributed by atoms with E-state index in [1.165, 1.54) is 29.5 Å². The van der Waals surface area contributed by atoms with Gasteiger partial charge in [-0.05, 0) is 74.8 Å². The van der Waals surface area contributed by atoms with Crippen molar-refractivity contribution >= 4 is 17.9 Å². The Bertz CT molecular complexity index is 577. The second-order valence-electron chi connectivity index (χ2n) is 6.64. The van der Waals surface area contributed by atoms with Crippen molar-refractivity contribution in [1.82, 2.24) is 0 Å². The van der Waals surface area contributed by atoms with E-state index in [-0.39, 0.29) is 6.09 Å². The van der Waals surface area contributed by atoms with Crippen LogP contribution in [0.5, 0.6) is 0 Å². The number of carbonyl (C=O) groups excluding carboxylic acids is 1. The molecule has 0 bridgehead atoms. The molecule has 0 radical (unpaired) electrons. The van der Waals surface area contributed by atoms with E-state index < -0.39 is 5.60 Å². The van der Waals surface area contributed by atoms with Gasteiger partial charge in [0.15, 0.2) is 0 Å². The monoisotopic (exact) mass is 271 g/mol. The van der Waals surface area contributed by atoms with Gasteiger partial charge in [0.2, 0.25) is 0 Å². The molecule has 0 spiro atoms. The molecule has 3 rings (SSSR count). The van der Waals surface area contributed by atoms with Crippen LogP contribution in [0.2, 0.25) is 0 Å². The molecule has 1 fully saturated rings. The zero-order valence-corrected chi connectivity index (χ0v) is 12.3. The average Bonchev–Trinajstić information content (AvgIpc) is 3.04. The first-order chi connectivity index (χ1) is 9.42. The molecule has 0 aromatic heterocycles. The number of allylic oxidation sites excluding steroid dienone is 1. The Balaban J connectivity index is 1.82. The van der Waals surface area contributed by atoms with Crippen LogP contribution >= 0.6 is 0 Å². The Hall–Kier alpha value is -1.77. The molecule has 20 heavy (non-hydrogen) atoms. The van der Waals surface area contributed by atoms with E-state index in [0.29, 0.717) is 5.92 Å². The molecule has 1 aromatic rings. The third-order valence-corrected chi connectivity index (χ3v) is 3.60. The molecule has 3 heteroatoms. The summed E-state index contributed by atoms with van der Waals surface area (Å²) >= 11 is 0. The van der Waals surface area contributed by atoms with Crippen molar-refractivity contribution in [3.05, 3.63) is 34.9 Å². The van der Waals surface area contributed by atoms with Crippen LogP contribution < -0.4 is 5.32 Å². The lowest BCUT2D eigenvalue weighted by Gasteiger charge is -2.20. The van der Waals surface area contributed by atoms with Gasteiger partial charge in [0.25, 0.3) is 0 Å². The van der Waals surface area contributed by atoms with Gasteiger partial charge in [0, 0.05) is 5.69 Å². The first-order valence-corrected chi connectivity index (χ1v) is 7.26. The third-order valence-electron chi connectivity index (χ3n) is 3.60. The van der Waals surface area contributed by atoms with Gasteiger partial charge < -0.3 is 4.74 Å². The molecule has 1 amide bonds. The smallest absolute Gasteiger partial charge is 0.412 e. The highest BCUT2D eigenvalue weighted by Gasteiger charge is 2.28. The molecule has 2 aliphatic carbocycles. The number of carbonyl (C=O) groups is 1. The molecule has 1 saturated carbocycles. The maximum absolute atomic E-state index is 11.9. The molecule has 1 aromatic carbocycles.